The van der Waals surface area contributed by atoms with Gasteiger partial charge in [-0.1, -0.05) is 153 Å². The topological polar surface area (TPSA) is 186 Å². The third-order valence-electron chi connectivity index (χ3n) is 10.7. The Morgan fingerprint density at radius 3 is 1.50 bits per heavy atom. The summed E-state index contributed by atoms with van der Waals surface area (Å²) in [5, 5.41) is 30.9. The lowest BCUT2D eigenvalue weighted by Crippen LogP contribution is -2.60. The Morgan fingerprint density at radius 2 is 1.00 bits per heavy atom. The second-order valence-corrected chi connectivity index (χ2v) is 17.9. The van der Waals surface area contributed by atoms with E-state index in [9.17, 15) is 37.9 Å². The number of ether oxygens (including phenoxy) is 4. The molecule has 1 heterocycles. The molecule has 0 aromatic rings. The van der Waals surface area contributed by atoms with E-state index in [1.165, 1.54) is 83.5 Å². The van der Waals surface area contributed by atoms with Crippen molar-refractivity contribution in [2.24, 2.45) is 0 Å². The molecule has 0 spiro atoms. The highest BCUT2D eigenvalue weighted by Crippen LogP contribution is 2.24. The first-order valence-corrected chi connectivity index (χ1v) is 25.2. The molecule has 1 rings (SSSR count). The normalized spacial score (nSPS) is 20.4. The third-order valence-corrected chi connectivity index (χ3v) is 11.5. The Kier molecular flexibility index (Phi) is 34.9. The van der Waals surface area contributed by atoms with Gasteiger partial charge in [0.15, 0.2) is 12.4 Å². The molecule has 350 valence electrons. The van der Waals surface area contributed by atoms with Gasteiger partial charge in [-0.25, -0.2) is 0 Å². The number of hydrogen-bond acceptors (Lipinski definition) is 11. The van der Waals surface area contributed by atoms with E-state index in [2.05, 4.69) is 50.3 Å². The molecule has 6 atom stereocenters. The van der Waals surface area contributed by atoms with E-state index in [4.69, 9.17) is 18.9 Å². The molecule has 0 aliphatic carbocycles. The van der Waals surface area contributed by atoms with Gasteiger partial charge in [-0.05, 0) is 64.2 Å². The van der Waals surface area contributed by atoms with E-state index < -0.39 is 71.2 Å². The number of allylic oxidation sites excluding steroid dienone is 6. The molecule has 0 radical (unpaired) electrons. The van der Waals surface area contributed by atoms with Crippen LogP contribution in [0.2, 0.25) is 0 Å². The zero-order valence-corrected chi connectivity index (χ0v) is 38.1. The SMILES string of the molecule is CCCCCC/C=C/C=C/CCCCCCCC(=O)OC[C@H](CO[C@H]1O[C@H](CS(=O)(=O)O)[C@@H](O)C(O)C1O)OC(=O)CCCCCCCCC/C=C/CCCCCCCC. The van der Waals surface area contributed by atoms with Crippen molar-refractivity contribution in [2.45, 2.75) is 230 Å². The highest BCUT2D eigenvalue weighted by Gasteiger charge is 2.46. The van der Waals surface area contributed by atoms with Crippen LogP contribution in [0, 0.1) is 0 Å². The Bertz CT molecular complexity index is 1250. The monoisotopic (exact) mass is 873 g/mol. The summed E-state index contributed by atoms with van der Waals surface area (Å²) < 4.78 is 54.1. The van der Waals surface area contributed by atoms with E-state index in [1.54, 1.807) is 0 Å². The fourth-order valence-electron chi connectivity index (χ4n) is 7.01. The molecule has 1 saturated heterocycles. The number of esters is 2. The van der Waals surface area contributed by atoms with Crippen molar-refractivity contribution in [2.75, 3.05) is 19.0 Å². The van der Waals surface area contributed by atoms with Crippen LogP contribution in [0.4, 0.5) is 0 Å². The van der Waals surface area contributed by atoms with E-state index in [0.29, 0.717) is 12.8 Å². The minimum absolute atomic E-state index is 0.156. The number of carbonyl (C=O) groups is 2. The summed E-state index contributed by atoms with van der Waals surface area (Å²) in [5.74, 6) is -2.01. The largest absolute Gasteiger partial charge is 0.462 e. The molecule has 0 bridgehead atoms. The molecule has 0 saturated carbocycles. The maximum Gasteiger partial charge on any atom is 0.306 e. The minimum Gasteiger partial charge on any atom is -0.462 e. The predicted octanol–water partition coefficient (Wildman–Crippen LogP) is 9.78. The number of carbonyl (C=O) groups excluding carboxylic acids is 2. The van der Waals surface area contributed by atoms with Crippen molar-refractivity contribution in [3.05, 3.63) is 36.5 Å². The molecule has 1 aliphatic heterocycles. The highest BCUT2D eigenvalue weighted by molar-refractivity contribution is 7.85. The van der Waals surface area contributed by atoms with E-state index in [-0.39, 0.29) is 19.4 Å². The molecule has 1 aliphatic rings. The summed E-state index contributed by atoms with van der Waals surface area (Å²) in [6, 6.07) is 0. The smallest absolute Gasteiger partial charge is 0.306 e. The van der Waals surface area contributed by atoms with Crippen LogP contribution < -0.4 is 0 Å². The average Bonchev–Trinajstić information content (AvgIpc) is 3.21. The molecule has 1 fully saturated rings. The molecule has 13 heteroatoms. The summed E-state index contributed by atoms with van der Waals surface area (Å²) in [7, 11) is -4.60. The molecule has 60 heavy (non-hydrogen) atoms. The third kappa shape index (κ3) is 31.7. The van der Waals surface area contributed by atoms with Crippen LogP contribution in [-0.2, 0) is 38.7 Å². The van der Waals surface area contributed by atoms with Gasteiger partial charge in [0.05, 0.1) is 6.61 Å². The van der Waals surface area contributed by atoms with Crippen molar-refractivity contribution in [1.82, 2.24) is 0 Å². The van der Waals surface area contributed by atoms with Crippen LogP contribution >= 0.6 is 0 Å². The maximum absolute atomic E-state index is 12.8. The highest BCUT2D eigenvalue weighted by atomic mass is 32.2. The van der Waals surface area contributed by atoms with Gasteiger partial charge in [0.25, 0.3) is 10.1 Å². The van der Waals surface area contributed by atoms with Crippen LogP contribution in [0.25, 0.3) is 0 Å². The molecular formula is C47H84O12S. The number of hydrogen-bond donors (Lipinski definition) is 4. The lowest BCUT2D eigenvalue weighted by atomic mass is 10.00. The van der Waals surface area contributed by atoms with Gasteiger partial charge in [-0.15, -0.1) is 0 Å². The van der Waals surface area contributed by atoms with Crippen molar-refractivity contribution < 1.29 is 56.8 Å². The van der Waals surface area contributed by atoms with Gasteiger partial charge >= 0.3 is 11.9 Å². The summed E-state index contributed by atoms with van der Waals surface area (Å²) >= 11 is 0. The van der Waals surface area contributed by atoms with Crippen molar-refractivity contribution in [3.63, 3.8) is 0 Å². The fourth-order valence-corrected chi connectivity index (χ4v) is 7.71. The summed E-state index contributed by atoms with van der Waals surface area (Å²) in [4.78, 5) is 25.4. The Morgan fingerprint density at radius 1 is 0.567 bits per heavy atom. The van der Waals surface area contributed by atoms with Crippen LogP contribution in [-0.4, -0.2) is 96.0 Å². The van der Waals surface area contributed by atoms with E-state index in [1.807, 2.05) is 0 Å². The lowest BCUT2D eigenvalue weighted by molar-refractivity contribution is -0.297. The zero-order chi connectivity index (χ0) is 44.1. The first kappa shape index (κ1) is 55.9. The summed E-state index contributed by atoms with van der Waals surface area (Å²) in [5.41, 5.74) is 0. The first-order chi connectivity index (χ1) is 29.0. The summed E-state index contributed by atoms with van der Waals surface area (Å²) in [6.07, 6.45) is 33.2. The van der Waals surface area contributed by atoms with Crippen LogP contribution in [0.5, 0.6) is 0 Å². The average molecular weight is 873 g/mol. The van der Waals surface area contributed by atoms with E-state index in [0.717, 1.165) is 70.6 Å². The molecule has 12 nitrogen and oxygen atoms in total. The van der Waals surface area contributed by atoms with Gasteiger partial charge in [0, 0.05) is 12.8 Å². The molecule has 0 aromatic carbocycles. The van der Waals surface area contributed by atoms with Crippen molar-refractivity contribution in [1.29, 1.82) is 0 Å². The molecular weight excluding hydrogens is 789 g/mol. The second kappa shape index (κ2) is 37.4. The number of aliphatic hydroxyl groups is 3. The number of rotatable bonds is 39. The standard InChI is InChI=1S/C47H84O12S/c1-3-5-7-9-11-13-15-17-19-20-22-24-26-28-30-32-34-36-43(49)58-40(38-57-47-46(52)45(51)44(50)41(59-47)39-60(53,54)55)37-56-42(48)35-33-31-29-27-25-23-21-18-16-14-12-10-8-6-4-2/h14,16-19,21,40-41,44-47,50-52H,3-13,15,20,22-39H2,1-2H3,(H,53,54,55)/b16-14+,19-17+,21-18+/t40-,41-,44-,45?,46?,47+/m1/s1. The van der Waals surface area contributed by atoms with Crippen LogP contribution in [0.3, 0.4) is 0 Å². The Balaban J connectivity index is 2.44. The molecule has 4 N–H and O–H groups in total. The maximum atomic E-state index is 12.8. The second-order valence-electron chi connectivity index (χ2n) is 16.4. The van der Waals surface area contributed by atoms with Gasteiger partial charge in [0.2, 0.25) is 0 Å². The fraction of sp³-hybridized carbons (Fsp3) is 0.830. The van der Waals surface area contributed by atoms with Gasteiger partial charge in [-0.2, -0.15) is 8.42 Å². The predicted molar refractivity (Wildman–Crippen MR) is 238 cm³/mol. The van der Waals surface area contributed by atoms with Crippen molar-refractivity contribution in [3.8, 4) is 0 Å². The first-order valence-electron chi connectivity index (χ1n) is 23.6. The van der Waals surface area contributed by atoms with Gasteiger partial charge in [-0.3, -0.25) is 14.1 Å². The molecule has 0 aromatic heterocycles. The Hall–Kier alpha value is -2.13. The quantitative estimate of drug-likeness (QED) is 0.0151. The van der Waals surface area contributed by atoms with Gasteiger partial charge < -0.3 is 34.3 Å². The minimum atomic E-state index is -4.60. The zero-order valence-electron chi connectivity index (χ0n) is 37.3. The number of aliphatic hydroxyl groups excluding tert-OH is 3. The van der Waals surface area contributed by atoms with Crippen LogP contribution in [0.15, 0.2) is 36.5 Å². The van der Waals surface area contributed by atoms with E-state index >= 15 is 0 Å². The summed E-state index contributed by atoms with van der Waals surface area (Å²) in [6.45, 7) is 3.72. The van der Waals surface area contributed by atoms with Gasteiger partial charge in [0.1, 0.15) is 36.8 Å². The number of unbranched alkanes of at least 4 members (excludes halogenated alkanes) is 22. The molecule has 2 unspecified atom stereocenters. The van der Waals surface area contributed by atoms with Crippen LogP contribution in [0.1, 0.15) is 194 Å². The molecule has 0 amide bonds. The lowest BCUT2D eigenvalue weighted by Gasteiger charge is -2.40. The van der Waals surface area contributed by atoms with Crippen molar-refractivity contribution >= 4 is 22.1 Å². The Labute approximate surface area is 363 Å².